The van der Waals surface area contributed by atoms with Crippen LogP contribution in [0.15, 0.2) is 58.3 Å². The smallest absolute Gasteiger partial charge is 0.333 e. The highest BCUT2D eigenvalue weighted by Gasteiger charge is 2.19. The summed E-state index contributed by atoms with van der Waals surface area (Å²) in [6, 6.07) is 13.3. The third-order valence-electron chi connectivity index (χ3n) is 5.15. The molecule has 1 aromatic carbocycles. The fraction of sp³-hybridized carbons (Fsp3) is 0.318. The molecule has 3 aromatic heterocycles. The van der Waals surface area contributed by atoms with Crippen LogP contribution in [0.25, 0.3) is 16.8 Å². The van der Waals surface area contributed by atoms with Crippen molar-refractivity contribution in [3.63, 3.8) is 0 Å². The Bertz CT molecular complexity index is 1270. The standard InChI is InChI=1S/C22H24N4O3/c1-3-4-8-12-25-21(27)19-20(23-18-14-17(29-2)11-13-24(18)19)26(22(25)28)15-16-9-6-5-7-10-16/h5-7,9-11,13-14H,3-4,8,12,15H2,1-2H3. The van der Waals surface area contributed by atoms with Gasteiger partial charge in [0.15, 0.2) is 11.2 Å². The topological polar surface area (TPSA) is 70.5 Å². The maximum Gasteiger partial charge on any atom is 0.333 e. The third kappa shape index (κ3) is 3.44. The number of benzene rings is 1. The zero-order valence-corrected chi connectivity index (χ0v) is 16.7. The van der Waals surface area contributed by atoms with Crippen LogP contribution in [0.3, 0.4) is 0 Å². The van der Waals surface area contributed by atoms with E-state index in [0.29, 0.717) is 35.7 Å². The van der Waals surface area contributed by atoms with Crippen molar-refractivity contribution in [3.8, 4) is 5.75 Å². The minimum atomic E-state index is -0.321. The van der Waals surface area contributed by atoms with E-state index >= 15 is 0 Å². The van der Waals surface area contributed by atoms with Crippen LogP contribution in [0, 0.1) is 0 Å². The van der Waals surface area contributed by atoms with Crippen LogP contribution >= 0.6 is 0 Å². The van der Waals surface area contributed by atoms with Crippen molar-refractivity contribution in [2.75, 3.05) is 7.11 Å². The molecular weight excluding hydrogens is 368 g/mol. The van der Waals surface area contributed by atoms with Gasteiger partial charge in [0.1, 0.15) is 11.4 Å². The number of ether oxygens (including phenoxy) is 1. The van der Waals surface area contributed by atoms with Gasteiger partial charge >= 0.3 is 5.69 Å². The molecule has 0 amide bonds. The lowest BCUT2D eigenvalue weighted by Gasteiger charge is -2.11. The van der Waals surface area contributed by atoms with Crippen molar-refractivity contribution < 1.29 is 4.74 Å². The summed E-state index contributed by atoms with van der Waals surface area (Å²) in [6.07, 6.45) is 4.53. The molecule has 0 aliphatic rings. The van der Waals surface area contributed by atoms with E-state index in [2.05, 4.69) is 11.9 Å². The fourth-order valence-electron chi connectivity index (χ4n) is 3.60. The Morgan fingerprint density at radius 3 is 2.55 bits per heavy atom. The molecule has 150 valence electrons. The molecule has 0 N–H and O–H groups in total. The van der Waals surface area contributed by atoms with Crippen LogP contribution in [-0.2, 0) is 13.1 Å². The summed E-state index contributed by atoms with van der Waals surface area (Å²) in [5.74, 6) is 0.646. The summed E-state index contributed by atoms with van der Waals surface area (Å²) in [6.45, 7) is 2.85. The first kappa shape index (κ1) is 19.0. The fourth-order valence-corrected chi connectivity index (χ4v) is 3.60. The molecule has 0 radical (unpaired) electrons. The number of hydrogen-bond donors (Lipinski definition) is 0. The van der Waals surface area contributed by atoms with Crippen molar-refractivity contribution in [2.24, 2.45) is 0 Å². The summed E-state index contributed by atoms with van der Waals surface area (Å²) < 4.78 is 9.96. The zero-order valence-electron chi connectivity index (χ0n) is 16.7. The van der Waals surface area contributed by atoms with Gasteiger partial charge < -0.3 is 4.74 Å². The number of methoxy groups -OCH3 is 1. The number of rotatable bonds is 7. The summed E-state index contributed by atoms with van der Waals surface area (Å²) in [4.78, 5) is 31.1. The second-order valence-electron chi connectivity index (χ2n) is 7.10. The second-order valence-corrected chi connectivity index (χ2v) is 7.10. The van der Waals surface area contributed by atoms with Gasteiger partial charge in [-0.25, -0.2) is 9.78 Å². The van der Waals surface area contributed by atoms with E-state index in [1.807, 2.05) is 30.3 Å². The quantitative estimate of drug-likeness (QED) is 0.453. The van der Waals surface area contributed by atoms with Crippen LogP contribution in [0.5, 0.6) is 5.75 Å². The molecule has 4 aromatic rings. The maximum atomic E-state index is 13.3. The monoisotopic (exact) mass is 392 g/mol. The Morgan fingerprint density at radius 2 is 1.83 bits per heavy atom. The van der Waals surface area contributed by atoms with E-state index in [-0.39, 0.29) is 11.2 Å². The molecule has 0 bridgehead atoms. The van der Waals surface area contributed by atoms with Crippen LogP contribution in [-0.4, -0.2) is 25.6 Å². The Kier molecular flexibility index (Phi) is 5.20. The SMILES string of the molecule is CCCCCn1c(=O)c2c(nc3cc(OC)ccn32)n(Cc2ccccc2)c1=O. The number of fused-ring (bicyclic) bond motifs is 3. The molecular formula is C22H24N4O3. The molecule has 0 aliphatic carbocycles. The highest BCUT2D eigenvalue weighted by atomic mass is 16.5. The largest absolute Gasteiger partial charge is 0.497 e. The van der Waals surface area contributed by atoms with E-state index in [0.717, 1.165) is 24.8 Å². The molecule has 7 heteroatoms. The molecule has 29 heavy (non-hydrogen) atoms. The molecule has 0 saturated carbocycles. The molecule has 7 nitrogen and oxygen atoms in total. The third-order valence-corrected chi connectivity index (χ3v) is 5.15. The van der Waals surface area contributed by atoms with E-state index in [4.69, 9.17) is 4.74 Å². The molecule has 0 aliphatic heterocycles. The predicted molar refractivity (Wildman–Crippen MR) is 113 cm³/mol. The summed E-state index contributed by atoms with van der Waals surface area (Å²) in [5, 5.41) is 0. The molecule has 0 fully saturated rings. The normalized spacial score (nSPS) is 11.4. The van der Waals surface area contributed by atoms with Gasteiger partial charge in [0, 0.05) is 18.8 Å². The first-order chi connectivity index (χ1) is 14.1. The van der Waals surface area contributed by atoms with Crippen molar-refractivity contribution in [2.45, 2.75) is 39.3 Å². The molecule has 4 rings (SSSR count). The van der Waals surface area contributed by atoms with Gasteiger partial charge in [-0.2, -0.15) is 0 Å². The van der Waals surface area contributed by atoms with Gasteiger partial charge in [-0.15, -0.1) is 0 Å². The first-order valence-electron chi connectivity index (χ1n) is 9.87. The number of nitrogens with zero attached hydrogens (tertiary/aromatic N) is 4. The van der Waals surface area contributed by atoms with Crippen LogP contribution in [0.1, 0.15) is 31.7 Å². The predicted octanol–water partition coefficient (Wildman–Crippen LogP) is 3.06. The lowest BCUT2D eigenvalue weighted by molar-refractivity contribution is 0.414. The summed E-state index contributed by atoms with van der Waals surface area (Å²) in [7, 11) is 1.58. The summed E-state index contributed by atoms with van der Waals surface area (Å²) >= 11 is 0. The van der Waals surface area contributed by atoms with Gasteiger partial charge in [0.2, 0.25) is 0 Å². The minimum absolute atomic E-state index is 0.303. The average molecular weight is 392 g/mol. The number of imidazole rings is 1. The van der Waals surface area contributed by atoms with E-state index < -0.39 is 0 Å². The number of hydrogen-bond acceptors (Lipinski definition) is 4. The Labute approximate surface area is 167 Å². The van der Waals surface area contributed by atoms with Crippen molar-refractivity contribution >= 4 is 16.8 Å². The highest BCUT2D eigenvalue weighted by molar-refractivity contribution is 5.77. The van der Waals surface area contributed by atoms with Crippen molar-refractivity contribution in [1.29, 1.82) is 0 Å². The van der Waals surface area contributed by atoms with Crippen molar-refractivity contribution in [1.82, 2.24) is 18.5 Å². The molecule has 0 spiro atoms. The van der Waals surface area contributed by atoms with E-state index in [1.165, 1.54) is 4.57 Å². The number of pyridine rings is 1. The molecule has 0 saturated heterocycles. The zero-order chi connectivity index (χ0) is 20.4. The Balaban J connectivity index is 1.99. The molecule has 0 unspecified atom stereocenters. The molecule has 0 atom stereocenters. The van der Waals surface area contributed by atoms with Gasteiger partial charge in [-0.3, -0.25) is 18.3 Å². The van der Waals surface area contributed by atoms with Gasteiger partial charge in [0.05, 0.1) is 13.7 Å². The van der Waals surface area contributed by atoms with Crippen LogP contribution in [0.2, 0.25) is 0 Å². The summed E-state index contributed by atoms with van der Waals surface area (Å²) in [5.41, 5.74) is 1.73. The molecule has 3 heterocycles. The lowest BCUT2D eigenvalue weighted by Crippen LogP contribution is -2.40. The second kappa shape index (κ2) is 7.95. The van der Waals surface area contributed by atoms with Gasteiger partial charge in [-0.05, 0) is 18.1 Å². The van der Waals surface area contributed by atoms with Crippen LogP contribution < -0.4 is 16.0 Å². The maximum absolute atomic E-state index is 13.3. The van der Waals surface area contributed by atoms with Crippen molar-refractivity contribution in [3.05, 3.63) is 75.1 Å². The van der Waals surface area contributed by atoms with E-state index in [9.17, 15) is 9.59 Å². The lowest BCUT2D eigenvalue weighted by atomic mass is 10.2. The Hall–Kier alpha value is -3.35. The van der Waals surface area contributed by atoms with Gasteiger partial charge in [0.25, 0.3) is 5.56 Å². The average Bonchev–Trinajstić information content (AvgIpc) is 3.13. The Morgan fingerprint density at radius 1 is 1.03 bits per heavy atom. The number of unbranched alkanes of at least 4 members (excludes halogenated alkanes) is 2. The minimum Gasteiger partial charge on any atom is -0.497 e. The number of aromatic nitrogens is 4. The highest BCUT2D eigenvalue weighted by Crippen LogP contribution is 2.18. The van der Waals surface area contributed by atoms with Crippen LogP contribution in [0.4, 0.5) is 0 Å². The first-order valence-corrected chi connectivity index (χ1v) is 9.87. The van der Waals surface area contributed by atoms with Gasteiger partial charge in [-0.1, -0.05) is 50.1 Å². The van der Waals surface area contributed by atoms with E-state index in [1.54, 1.807) is 34.4 Å².